The molecule has 0 aliphatic carbocycles. The van der Waals surface area contributed by atoms with Gasteiger partial charge in [-0.1, -0.05) is 36.4 Å². The van der Waals surface area contributed by atoms with Gasteiger partial charge < -0.3 is 29.9 Å². The number of hydrogen-bond donors (Lipinski definition) is 4. The molecule has 0 saturated heterocycles. The van der Waals surface area contributed by atoms with E-state index in [4.69, 9.17) is 9.47 Å². The number of aromatic hydroxyl groups is 4. The first-order valence-corrected chi connectivity index (χ1v) is 12.1. The Morgan fingerprint density at radius 2 is 1.08 bits per heavy atom. The van der Waals surface area contributed by atoms with Crippen molar-refractivity contribution in [3.8, 4) is 46.0 Å². The van der Waals surface area contributed by atoms with Crippen LogP contribution in [0.2, 0.25) is 0 Å². The standard InChI is InChI=1S/C30H28O6/c31-25-17-11-22-10-5-20-8-13-23(14-9-20)35-26-18-12-21(27(32)29(26)34)4-2-1-3-19-6-15-24(16-7-19)36-30(22)28(25)33/h6-9,11-18,31-34H,1-5,10H2. The van der Waals surface area contributed by atoms with E-state index < -0.39 is 0 Å². The van der Waals surface area contributed by atoms with Gasteiger partial charge in [-0.3, -0.25) is 0 Å². The van der Waals surface area contributed by atoms with E-state index in [0.717, 1.165) is 36.0 Å². The van der Waals surface area contributed by atoms with Crippen molar-refractivity contribution in [3.63, 3.8) is 0 Å². The van der Waals surface area contributed by atoms with Crippen molar-refractivity contribution < 1.29 is 29.9 Å². The normalized spacial score (nSPS) is 13.8. The summed E-state index contributed by atoms with van der Waals surface area (Å²) in [6, 6.07) is 21.8. The lowest BCUT2D eigenvalue weighted by atomic mass is 10.0. The zero-order valence-corrected chi connectivity index (χ0v) is 19.8. The van der Waals surface area contributed by atoms with Crippen LogP contribution in [0.1, 0.15) is 35.1 Å². The molecule has 4 N–H and O–H groups in total. The van der Waals surface area contributed by atoms with E-state index in [-0.39, 0.29) is 34.5 Å². The zero-order valence-electron chi connectivity index (χ0n) is 19.8. The van der Waals surface area contributed by atoms with Crippen LogP contribution in [0.15, 0.2) is 72.8 Å². The summed E-state index contributed by atoms with van der Waals surface area (Å²) in [4.78, 5) is 0. The highest BCUT2D eigenvalue weighted by atomic mass is 16.5. The molecule has 36 heavy (non-hydrogen) atoms. The molecule has 6 bridgehead atoms. The van der Waals surface area contributed by atoms with E-state index in [2.05, 4.69) is 0 Å². The molecule has 9 rings (SSSR count). The summed E-state index contributed by atoms with van der Waals surface area (Å²) in [5.41, 5.74) is 3.64. The van der Waals surface area contributed by atoms with Gasteiger partial charge in [0.15, 0.2) is 23.0 Å². The quantitative estimate of drug-likeness (QED) is 0.206. The van der Waals surface area contributed by atoms with Crippen LogP contribution in [-0.4, -0.2) is 20.4 Å². The Hall–Kier alpha value is -4.32. The van der Waals surface area contributed by atoms with Crippen molar-refractivity contribution in [1.29, 1.82) is 0 Å². The predicted molar refractivity (Wildman–Crippen MR) is 137 cm³/mol. The molecular formula is C30H28O6. The van der Waals surface area contributed by atoms with Gasteiger partial charge in [0.05, 0.1) is 0 Å². The molecule has 184 valence electrons. The number of aryl methyl sites for hydroxylation is 4. The summed E-state index contributed by atoms with van der Waals surface area (Å²) in [6.45, 7) is 0. The summed E-state index contributed by atoms with van der Waals surface area (Å²) in [7, 11) is 0. The van der Waals surface area contributed by atoms with Crippen LogP contribution < -0.4 is 9.47 Å². The number of rotatable bonds is 0. The summed E-state index contributed by atoms with van der Waals surface area (Å²) in [5, 5.41) is 41.5. The average molecular weight is 485 g/mol. The van der Waals surface area contributed by atoms with Gasteiger partial charge in [0.1, 0.15) is 11.5 Å². The van der Waals surface area contributed by atoms with Gasteiger partial charge in [0.25, 0.3) is 0 Å². The Morgan fingerprint density at radius 3 is 1.81 bits per heavy atom. The first-order chi connectivity index (χ1) is 17.5. The number of fused-ring (bicyclic) bond motifs is 1. The van der Waals surface area contributed by atoms with Crippen molar-refractivity contribution >= 4 is 0 Å². The van der Waals surface area contributed by atoms with Crippen molar-refractivity contribution in [2.45, 2.75) is 38.5 Å². The van der Waals surface area contributed by atoms with Crippen molar-refractivity contribution in [1.82, 2.24) is 0 Å². The van der Waals surface area contributed by atoms with Gasteiger partial charge in [0.2, 0.25) is 11.5 Å². The van der Waals surface area contributed by atoms with Gasteiger partial charge in [-0.15, -0.1) is 0 Å². The molecule has 6 nitrogen and oxygen atoms in total. The second-order valence-electron chi connectivity index (χ2n) is 9.04. The Kier molecular flexibility index (Phi) is 6.58. The molecule has 4 aromatic carbocycles. The third kappa shape index (κ3) is 5.03. The molecule has 5 aliphatic heterocycles. The summed E-state index contributed by atoms with van der Waals surface area (Å²) in [5.74, 6) is 0.673. The minimum Gasteiger partial charge on any atom is -0.504 e. The van der Waals surface area contributed by atoms with Gasteiger partial charge in [-0.2, -0.15) is 0 Å². The molecule has 5 aliphatic rings. The molecule has 4 aromatic rings. The van der Waals surface area contributed by atoms with Crippen molar-refractivity contribution in [3.05, 3.63) is 95.1 Å². The van der Waals surface area contributed by atoms with Crippen LogP contribution in [0.5, 0.6) is 46.0 Å². The minimum atomic E-state index is -0.275. The van der Waals surface area contributed by atoms with Gasteiger partial charge in [-0.25, -0.2) is 0 Å². The minimum absolute atomic E-state index is 0.138. The fourth-order valence-electron chi connectivity index (χ4n) is 4.42. The highest BCUT2D eigenvalue weighted by molar-refractivity contribution is 5.56. The first kappa shape index (κ1) is 23.4. The Balaban J connectivity index is 1.47. The molecule has 0 amide bonds. The largest absolute Gasteiger partial charge is 0.504 e. The number of phenolic OH excluding ortho intramolecular Hbond substituents is 4. The smallest absolute Gasteiger partial charge is 0.201 e. The Bertz CT molecular complexity index is 1360. The number of benzene rings is 4. The van der Waals surface area contributed by atoms with Crippen LogP contribution >= 0.6 is 0 Å². The third-order valence-corrected chi connectivity index (χ3v) is 6.53. The second kappa shape index (κ2) is 10.1. The summed E-state index contributed by atoms with van der Waals surface area (Å²) < 4.78 is 11.8. The van der Waals surface area contributed by atoms with Crippen LogP contribution in [-0.2, 0) is 25.7 Å². The number of ether oxygens (including phenoxy) is 2. The highest BCUT2D eigenvalue weighted by Gasteiger charge is 2.16. The van der Waals surface area contributed by atoms with Crippen LogP contribution in [0.4, 0.5) is 0 Å². The van der Waals surface area contributed by atoms with Gasteiger partial charge >= 0.3 is 0 Å². The van der Waals surface area contributed by atoms with E-state index in [1.54, 1.807) is 30.3 Å². The SMILES string of the molecule is Oc1ccc2c(c1O)Oc1ccc(cc1)CCCCc1ccc(c(O)c1O)Oc1ccc(cc1)CC2. The highest BCUT2D eigenvalue weighted by Crippen LogP contribution is 2.42. The maximum absolute atomic E-state index is 10.5. The predicted octanol–water partition coefficient (Wildman–Crippen LogP) is 6.76. The van der Waals surface area contributed by atoms with Crippen LogP contribution in [0, 0.1) is 0 Å². The fourth-order valence-corrected chi connectivity index (χ4v) is 4.42. The first-order valence-electron chi connectivity index (χ1n) is 12.1. The molecule has 0 aromatic heterocycles. The number of hydrogen-bond acceptors (Lipinski definition) is 6. The van der Waals surface area contributed by atoms with Crippen LogP contribution in [0.3, 0.4) is 0 Å². The topological polar surface area (TPSA) is 99.4 Å². The molecule has 0 atom stereocenters. The Morgan fingerprint density at radius 1 is 0.472 bits per heavy atom. The summed E-state index contributed by atoms with van der Waals surface area (Å²) >= 11 is 0. The second-order valence-corrected chi connectivity index (χ2v) is 9.04. The van der Waals surface area contributed by atoms with Gasteiger partial charge in [-0.05, 0) is 97.2 Å². The maximum atomic E-state index is 10.5. The number of phenols is 4. The van der Waals surface area contributed by atoms with Crippen molar-refractivity contribution in [2.24, 2.45) is 0 Å². The lowest BCUT2D eigenvalue weighted by Crippen LogP contribution is -1.97. The molecule has 0 fully saturated rings. The average Bonchev–Trinajstić information content (AvgIpc) is 2.89. The third-order valence-electron chi connectivity index (χ3n) is 6.53. The molecular weight excluding hydrogens is 456 g/mol. The van der Waals surface area contributed by atoms with Crippen molar-refractivity contribution in [2.75, 3.05) is 0 Å². The zero-order chi connectivity index (χ0) is 25.1. The fraction of sp³-hybridized carbons (Fsp3) is 0.200. The molecule has 6 heteroatoms. The molecule has 0 radical (unpaired) electrons. The molecule has 0 saturated carbocycles. The monoisotopic (exact) mass is 484 g/mol. The van der Waals surface area contributed by atoms with E-state index in [0.29, 0.717) is 36.3 Å². The molecule has 0 spiro atoms. The lowest BCUT2D eigenvalue weighted by molar-refractivity contribution is 0.369. The lowest BCUT2D eigenvalue weighted by Gasteiger charge is -2.15. The van der Waals surface area contributed by atoms with E-state index in [9.17, 15) is 20.4 Å². The molecule has 0 unspecified atom stereocenters. The summed E-state index contributed by atoms with van der Waals surface area (Å²) in [6.07, 6.45) is 4.48. The maximum Gasteiger partial charge on any atom is 0.201 e. The van der Waals surface area contributed by atoms with E-state index in [1.165, 1.54) is 6.07 Å². The van der Waals surface area contributed by atoms with Gasteiger partial charge in [0, 0.05) is 0 Å². The van der Waals surface area contributed by atoms with Crippen LogP contribution in [0.25, 0.3) is 0 Å². The van der Waals surface area contributed by atoms with E-state index in [1.807, 2.05) is 36.4 Å². The molecule has 5 heterocycles. The Labute approximate surface area is 209 Å². The van der Waals surface area contributed by atoms with E-state index >= 15 is 0 Å².